The van der Waals surface area contributed by atoms with E-state index in [0.29, 0.717) is 11.3 Å². The van der Waals surface area contributed by atoms with Crippen LogP contribution in [0.5, 0.6) is 0 Å². The van der Waals surface area contributed by atoms with Crippen molar-refractivity contribution >= 4 is 27.3 Å². The maximum absolute atomic E-state index is 12.1. The SMILES string of the molecule is Cc1c(NC(=O)c2nn(C)cc2N)cccc1S(N)(=O)=O. The Labute approximate surface area is 121 Å². The summed E-state index contributed by atoms with van der Waals surface area (Å²) in [6, 6.07) is 4.43. The highest BCUT2D eigenvalue weighted by Crippen LogP contribution is 2.23. The molecule has 21 heavy (non-hydrogen) atoms. The van der Waals surface area contributed by atoms with Gasteiger partial charge in [-0.25, -0.2) is 13.6 Å². The molecule has 0 aliphatic rings. The lowest BCUT2D eigenvalue weighted by Gasteiger charge is -2.10. The molecule has 1 aromatic carbocycles. The highest BCUT2D eigenvalue weighted by atomic mass is 32.2. The van der Waals surface area contributed by atoms with Crippen LogP contribution in [0.15, 0.2) is 29.3 Å². The molecule has 1 aromatic heterocycles. The molecule has 0 saturated carbocycles. The first-order valence-corrected chi connectivity index (χ1v) is 7.47. The summed E-state index contributed by atoms with van der Waals surface area (Å²) in [5.41, 5.74) is 6.65. The van der Waals surface area contributed by atoms with Gasteiger partial charge in [0, 0.05) is 18.9 Å². The summed E-state index contributed by atoms with van der Waals surface area (Å²) in [5, 5.41) is 11.6. The van der Waals surface area contributed by atoms with Gasteiger partial charge in [-0.05, 0) is 24.6 Å². The maximum atomic E-state index is 12.1. The number of anilines is 2. The number of nitrogens with zero attached hydrogens (tertiary/aromatic N) is 2. The molecule has 0 radical (unpaired) electrons. The summed E-state index contributed by atoms with van der Waals surface area (Å²) < 4.78 is 24.3. The van der Waals surface area contributed by atoms with Gasteiger partial charge in [-0.1, -0.05) is 6.07 Å². The largest absolute Gasteiger partial charge is 0.396 e. The van der Waals surface area contributed by atoms with E-state index < -0.39 is 15.9 Å². The third-order valence-electron chi connectivity index (χ3n) is 2.91. The topological polar surface area (TPSA) is 133 Å². The second kappa shape index (κ2) is 5.19. The molecule has 1 amide bonds. The molecule has 112 valence electrons. The number of benzene rings is 1. The standard InChI is InChI=1S/C12H15N5O3S/c1-7-9(4-3-5-10(7)21(14,19)20)15-12(18)11-8(13)6-17(2)16-11/h3-6H,13H2,1-2H3,(H,15,18)(H2,14,19,20). The second-order valence-electron chi connectivity index (χ2n) is 4.53. The van der Waals surface area contributed by atoms with E-state index in [1.54, 1.807) is 20.0 Å². The van der Waals surface area contributed by atoms with E-state index in [4.69, 9.17) is 10.9 Å². The molecule has 0 aliphatic carbocycles. The number of primary sulfonamides is 1. The number of aromatic nitrogens is 2. The maximum Gasteiger partial charge on any atom is 0.278 e. The molecular weight excluding hydrogens is 294 g/mol. The van der Waals surface area contributed by atoms with Gasteiger partial charge >= 0.3 is 0 Å². The highest BCUT2D eigenvalue weighted by Gasteiger charge is 2.18. The van der Waals surface area contributed by atoms with Gasteiger partial charge in [0.25, 0.3) is 5.91 Å². The fourth-order valence-electron chi connectivity index (χ4n) is 1.92. The monoisotopic (exact) mass is 309 g/mol. The molecule has 2 aromatic rings. The van der Waals surface area contributed by atoms with Crippen molar-refractivity contribution in [1.29, 1.82) is 0 Å². The van der Waals surface area contributed by atoms with E-state index in [2.05, 4.69) is 10.4 Å². The van der Waals surface area contributed by atoms with Crippen LogP contribution in [0.25, 0.3) is 0 Å². The Balaban J connectivity index is 2.37. The van der Waals surface area contributed by atoms with Crippen molar-refractivity contribution in [3.63, 3.8) is 0 Å². The minimum Gasteiger partial charge on any atom is -0.396 e. The van der Waals surface area contributed by atoms with E-state index in [1.165, 1.54) is 23.0 Å². The highest BCUT2D eigenvalue weighted by molar-refractivity contribution is 7.89. The number of aryl methyl sites for hydroxylation is 1. The van der Waals surface area contributed by atoms with Crippen molar-refractivity contribution < 1.29 is 13.2 Å². The fourth-order valence-corrected chi connectivity index (χ4v) is 2.73. The van der Waals surface area contributed by atoms with E-state index in [0.717, 1.165) is 0 Å². The Morgan fingerprint density at radius 1 is 1.38 bits per heavy atom. The van der Waals surface area contributed by atoms with Crippen LogP contribution >= 0.6 is 0 Å². The third-order valence-corrected chi connectivity index (χ3v) is 3.97. The van der Waals surface area contributed by atoms with E-state index in [1.807, 2.05) is 0 Å². The van der Waals surface area contributed by atoms with Crippen molar-refractivity contribution in [3.8, 4) is 0 Å². The van der Waals surface area contributed by atoms with Gasteiger partial charge in [0.1, 0.15) is 0 Å². The van der Waals surface area contributed by atoms with Gasteiger partial charge in [0.05, 0.1) is 10.6 Å². The smallest absolute Gasteiger partial charge is 0.278 e. The van der Waals surface area contributed by atoms with Crippen molar-refractivity contribution in [3.05, 3.63) is 35.7 Å². The Kier molecular flexibility index (Phi) is 3.71. The van der Waals surface area contributed by atoms with Crippen LogP contribution in [0.1, 0.15) is 16.1 Å². The molecule has 0 atom stereocenters. The van der Waals surface area contributed by atoms with Crippen LogP contribution in [0.2, 0.25) is 0 Å². The molecule has 2 rings (SSSR count). The third kappa shape index (κ3) is 3.03. The zero-order chi connectivity index (χ0) is 15.8. The number of carbonyl (C=O) groups excluding carboxylic acids is 1. The van der Waals surface area contributed by atoms with Gasteiger partial charge in [-0.15, -0.1) is 0 Å². The van der Waals surface area contributed by atoms with Crippen LogP contribution in [-0.4, -0.2) is 24.1 Å². The van der Waals surface area contributed by atoms with E-state index >= 15 is 0 Å². The summed E-state index contributed by atoms with van der Waals surface area (Å²) >= 11 is 0. The van der Waals surface area contributed by atoms with Crippen LogP contribution in [-0.2, 0) is 17.1 Å². The zero-order valence-electron chi connectivity index (χ0n) is 11.5. The van der Waals surface area contributed by atoms with Crippen LogP contribution < -0.4 is 16.2 Å². The molecule has 9 heteroatoms. The summed E-state index contributed by atoms with van der Waals surface area (Å²) in [6.45, 7) is 1.55. The Morgan fingerprint density at radius 2 is 2.05 bits per heavy atom. The Morgan fingerprint density at radius 3 is 2.57 bits per heavy atom. The lowest BCUT2D eigenvalue weighted by molar-refractivity contribution is 0.102. The van der Waals surface area contributed by atoms with Crippen molar-refractivity contribution in [2.45, 2.75) is 11.8 Å². The molecule has 0 saturated heterocycles. The predicted octanol–water partition coefficient (Wildman–Crippen LogP) is 0.210. The van der Waals surface area contributed by atoms with Gasteiger partial charge in [-0.2, -0.15) is 5.10 Å². The first-order valence-electron chi connectivity index (χ1n) is 5.93. The molecular formula is C12H15N5O3S. The number of hydrogen-bond acceptors (Lipinski definition) is 5. The minimum absolute atomic E-state index is 0.0470. The molecule has 0 bridgehead atoms. The predicted molar refractivity (Wildman–Crippen MR) is 78.1 cm³/mol. The molecule has 0 unspecified atom stereocenters. The first-order chi connectivity index (χ1) is 9.70. The van der Waals surface area contributed by atoms with Gasteiger partial charge in [0.15, 0.2) is 5.69 Å². The lowest BCUT2D eigenvalue weighted by Crippen LogP contribution is -2.18. The fraction of sp³-hybridized carbons (Fsp3) is 0.167. The summed E-state index contributed by atoms with van der Waals surface area (Å²) in [4.78, 5) is 12.1. The van der Waals surface area contributed by atoms with Crippen LogP contribution in [0.3, 0.4) is 0 Å². The molecule has 8 nitrogen and oxygen atoms in total. The van der Waals surface area contributed by atoms with Crippen LogP contribution in [0, 0.1) is 6.92 Å². The number of nitrogens with one attached hydrogen (secondary N) is 1. The van der Waals surface area contributed by atoms with Gasteiger partial charge in [0.2, 0.25) is 10.0 Å². The number of carbonyl (C=O) groups is 1. The molecule has 0 spiro atoms. The number of nitrogen functional groups attached to an aromatic ring is 1. The Bertz CT molecular complexity index is 810. The molecule has 5 N–H and O–H groups in total. The summed E-state index contributed by atoms with van der Waals surface area (Å²) in [5.74, 6) is -0.525. The summed E-state index contributed by atoms with van der Waals surface area (Å²) in [6.07, 6.45) is 1.50. The Hall–Kier alpha value is -2.39. The summed E-state index contributed by atoms with van der Waals surface area (Å²) in [7, 11) is -2.22. The number of nitrogens with two attached hydrogens (primary N) is 2. The van der Waals surface area contributed by atoms with E-state index in [-0.39, 0.29) is 16.3 Å². The lowest BCUT2D eigenvalue weighted by atomic mass is 10.2. The van der Waals surface area contributed by atoms with E-state index in [9.17, 15) is 13.2 Å². The molecule has 0 aliphatic heterocycles. The van der Waals surface area contributed by atoms with Crippen molar-refractivity contribution in [1.82, 2.24) is 9.78 Å². The van der Waals surface area contributed by atoms with Crippen molar-refractivity contribution in [2.75, 3.05) is 11.1 Å². The average molecular weight is 309 g/mol. The first kappa shape index (κ1) is 15.0. The quantitative estimate of drug-likeness (QED) is 0.745. The number of rotatable bonds is 3. The second-order valence-corrected chi connectivity index (χ2v) is 6.06. The van der Waals surface area contributed by atoms with Gasteiger partial charge in [-0.3, -0.25) is 9.48 Å². The number of sulfonamides is 1. The zero-order valence-corrected chi connectivity index (χ0v) is 12.3. The average Bonchev–Trinajstić information content (AvgIpc) is 2.69. The number of amides is 1. The van der Waals surface area contributed by atoms with Crippen molar-refractivity contribution in [2.24, 2.45) is 12.2 Å². The van der Waals surface area contributed by atoms with Crippen LogP contribution in [0.4, 0.5) is 11.4 Å². The normalized spacial score (nSPS) is 11.4. The molecule has 0 fully saturated rings. The molecule has 1 heterocycles. The number of hydrogen-bond donors (Lipinski definition) is 3. The minimum atomic E-state index is -3.86. The van der Waals surface area contributed by atoms with Gasteiger partial charge < -0.3 is 11.1 Å².